The topological polar surface area (TPSA) is 41.9 Å². The zero-order valence-corrected chi connectivity index (χ0v) is 14.1. The van der Waals surface area contributed by atoms with E-state index in [-0.39, 0.29) is 6.09 Å². The molecule has 1 saturated heterocycles. The number of benzene rings is 1. The van der Waals surface area contributed by atoms with E-state index in [9.17, 15) is 4.79 Å². The number of likely N-dealkylation sites (tertiary alicyclic amines) is 1. The van der Waals surface area contributed by atoms with Gasteiger partial charge in [-0.25, -0.2) is 4.79 Å². The third-order valence-corrected chi connectivity index (χ3v) is 4.14. The fourth-order valence-corrected chi connectivity index (χ4v) is 3.01. The van der Waals surface area contributed by atoms with Crippen LogP contribution in [0, 0.1) is 5.92 Å². The highest BCUT2D eigenvalue weighted by molar-refractivity contribution is 5.79. The second kappa shape index (κ2) is 6.19. The Morgan fingerprint density at radius 2 is 1.91 bits per heavy atom. The van der Waals surface area contributed by atoms with Crippen molar-refractivity contribution in [2.45, 2.75) is 39.2 Å². The van der Waals surface area contributed by atoms with E-state index in [1.165, 1.54) is 5.57 Å². The van der Waals surface area contributed by atoms with Gasteiger partial charge in [-0.3, -0.25) is 4.99 Å². The molecule has 0 aromatic heterocycles. The van der Waals surface area contributed by atoms with Gasteiger partial charge in [-0.15, -0.1) is 0 Å². The summed E-state index contributed by atoms with van der Waals surface area (Å²) in [7, 11) is 0. The van der Waals surface area contributed by atoms with Crippen molar-refractivity contribution in [2.24, 2.45) is 10.9 Å². The summed E-state index contributed by atoms with van der Waals surface area (Å²) in [6.45, 7) is 7.16. The van der Waals surface area contributed by atoms with Crippen LogP contribution in [0.15, 0.2) is 40.9 Å². The highest BCUT2D eigenvalue weighted by Crippen LogP contribution is 2.36. The van der Waals surface area contributed by atoms with Crippen LogP contribution in [0.3, 0.4) is 0 Å². The first-order chi connectivity index (χ1) is 10.9. The molecule has 0 atom stereocenters. The van der Waals surface area contributed by atoms with Gasteiger partial charge in [0.15, 0.2) is 0 Å². The normalized spacial score (nSPS) is 18.8. The number of carbonyl (C=O) groups excluding carboxylic acids is 1. The van der Waals surface area contributed by atoms with Crippen molar-refractivity contribution in [2.75, 3.05) is 13.1 Å². The summed E-state index contributed by atoms with van der Waals surface area (Å²) in [4.78, 5) is 18.5. The molecule has 4 nitrogen and oxygen atoms in total. The number of carbonyl (C=O) groups is 1. The molecule has 0 saturated carbocycles. The van der Waals surface area contributed by atoms with Gasteiger partial charge in [0.1, 0.15) is 5.60 Å². The first-order valence-corrected chi connectivity index (χ1v) is 8.23. The van der Waals surface area contributed by atoms with Crippen molar-refractivity contribution >= 4 is 18.0 Å². The number of ether oxygens (including phenoxy) is 1. The van der Waals surface area contributed by atoms with Crippen molar-refractivity contribution in [3.8, 4) is 0 Å². The molecule has 0 spiro atoms. The van der Waals surface area contributed by atoms with Gasteiger partial charge in [0.2, 0.25) is 0 Å². The van der Waals surface area contributed by atoms with Crippen LogP contribution < -0.4 is 0 Å². The molecule has 122 valence electrons. The minimum atomic E-state index is -0.439. The SMILES string of the molecule is CC(C)(C)OC(=O)N1CC(C2=C(c3ccccc3)N=CCC2)C1. The van der Waals surface area contributed by atoms with E-state index < -0.39 is 5.60 Å². The monoisotopic (exact) mass is 312 g/mol. The summed E-state index contributed by atoms with van der Waals surface area (Å²) < 4.78 is 5.43. The molecule has 0 bridgehead atoms. The predicted octanol–water partition coefficient (Wildman–Crippen LogP) is 4.13. The lowest BCUT2D eigenvalue weighted by molar-refractivity contribution is 0.00341. The van der Waals surface area contributed by atoms with E-state index >= 15 is 0 Å². The average molecular weight is 312 g/mol. The summed E-state index contributed by atoms with van der Waals surface area (Å²) >= 11 is 0. The Morgan fingerprint density at radius 3 is 2.57 bits per heavy atom. The smallest absolute Gasteiger partial charge is 0.410 e. The van der Waals surface area contributed by atoms with Crippen molar-refractivity contribution in [1.82, 2.24) is 4.90 Å². The number of hydrogen-bond donors (Lipinski definition) is 0. The molecule has 2 aliphatic heterocycles. The van der Waals surface area contributed by atoms with Crippen LogP contribution in [-0.2, 0) is 4.74 Å². The van der Waals surface area contributed by atoms with Crippen molar-refractivity contribution in [3.63, 3.8) is 0 Å². The van der Waals surface area contributed by atoms with Gasteiger partial charge in [-0.2, -0.15) is 0 Å². The molecule has 0 aliphatic carbocycles. The molecule has 1 aromatic carbocycles. The van der Waals surface area contributed by atoms with Gasteiger partial charge >= 0.3 is 6.09 Å². The maximum Gasteiger partial charge on any atom is 0.410 e. The standard InChI is InChI=1S/C19H24N2O2/c1-19(2,3)23-18(22)21-12-15(13-21)16-10-7-11-20-17(16)14-8-5-4-6-9-14/h4-6,8-9,11,15H,7,10,12-13H2,1-3H3. The summed E-state index contributed by atoms with van der Waals surface area (Å²) in [6, 6.07) is 10.3. The van der Waals surface area contributed by atoms with E-state index in [2.05, 4.69) is 17.1 Å². The average Bonchev–Trinajstić information content (AvgIpc) is 2.45. The van der Waals surface area contributed by atoms with Crippen LogP contribution in [0.4, 0.5) is 4.79 Å². The lowest BCUT2D eigenvalue weighted by Gasteiger charge is -2.41. The molecule has 0 unspecified atom stereocenters. The molecule has 0 N–H and O–H groups in total. The summed E-state index contributed by atoms with van der Waals surface area (Å²) in [5.74, 6) is 0.398. The Balaban J connectivity index is 1.71. The summed E-state index contributed by atoms with van der Waals surface area (Å²) in [5, 5.41) is 0. The molecule has 1 amide bonds. The van der Waals surface area contributed by atoms with Crippen LogP contribution in [0.5, 0.6) is 0 Å². The first-order valence-electron chi connectivity index (χ1n) is 8.23. The van der Waals surface area contributed by atoms with Gasteiger partial charge in [0.25, 0.3) is 0 Å². The minimum absolute atomic E-state index is 0.213. The fraction of sp³-hybridized carbons (Fsp3) is 0.474. The number of nitrogens with zero attached hydrogens (tertiary/aromatic N) is 2. The van der Waals surface area contributed by atoms with E-state index in [1.54, 1.807) is 4.90 Å². The maximum atomic E-state index is 12.1. The lowest BCUT2D eigenvalue weighted by Crippen LogP contribution is -2.52. The summed E-state index contributed by atoms with van der Waals surface area (Å²) in [6.07, 6.45) is 3.79. The zero-order chi connectivity index (χ0) is 16.4. The van der Waals surface area contributed by atoms with Crippen LogP contribution in [0.2, 0.25) is 0 Å². The number of aliphatic imine (C=N–C) groups is 1. The third kappa shape index (κ3) is 3.63. The van der Waals surface area contributed by atoms with Crippen molar-refractivity contribution in [3.05, 3.63) is 41.5 Å². The second-order valence-corrected chi connectivity index (χ2v) is 7.17. The van der Waals surface area contributed by atoms with Crippen LogP contribution >= 0.6 is 0 Å². The summed E-state index contributed by atoms with van der Waals surface area (Å²) in [5.41, 5.74) is 3.18. The van der Waals surface area contributed by atoms with Crippen LogP contribution in [0.25, 0.3) is 5.70 Å². The lowest BCUT2D eigenvalue weighted by atomic mass is 9.84. The molecule has 4 heteroatoms. The van der Waals surface area contributed by atoms with Gasteiger partial charge in [0.05, 0.1) is 5.70 Å². The van der Waals surface area contributed by atoms with Crippen LogP contribution in [-0.4, -0.2) is 35.9 Å². The van der Waals surface area contributed by atoms with Crippen LogP contribution in [0.1, 0.15) is 39.2 Å². The number of rotatable bonds is 2. The largest absolute Gasteiger partial charge is 0.444 e. The number of amides is 1. The van der Waals surface area contributed by atoms with E-state index in [0.29, 0.717) is 5.92 Å². The molecule has 1 fully saturated rings. The second-order valence-electron chi connectivity index (χ2n) is 7.17. The Bertz CT molecular complexity index is 635. The molecule has 2 heterocycles. The van der Waals surface area contributed by atoms with Gasteiger partial charge in [-0.05, 0) is 39.2 Å². The molecule has 2 aliphatic rings. The number of hydrogen-bond acceptors (Lipinski definition) is 3. The highest BCUT2D eigenvalue weighted by atomic mass is 16.6. The van der Waals surface area contributed by atoms with Gasteiger partial charge in [0, 0.05) is 30.8 Å². The van der Waals surface area contributed by atoms with E-state index in [0.717, 1.165) is 37.2 Å². The minimum Gasteiger partial charge on any atom is -0.444 e. The quantitative estimate of drug-likeness (QED) is 0.824. The Morgan fingerprint density at radius 1 is 1.22 bits per heavy atom. The molecular weight excluding hydrogens is 288 g/mol. The third-order valence-electron chi connectivity index (χ3n) is 4.14. The first kappa shape index (κ1) is 15.8. The Hall–Kier alpha value is -2.10. The Labute approximate surface area is 137 Å². The Kier molecular flexibility index (Phi) is 4.24. The van der Waals surface area contributed by atoms with Gasteiger partial charge in [-0.1, -0.05) is 30.3 Å². The molecule has 3 rings (SSSR count). The molecule has 23 heavy (non-hydrogen) atoms. The molecular formula is C19H24N2O2. The highest BCUT2D eigenvalue weighted by Gasteiger charge is 2.37. The van der Waals surface area contributed by atoms with Gasteiger partial charge < -0.3 is 9.64 Å². The van der Waals surface area contributed by atoms with Crippen molar-refractivity contribution < 1.29 is 9.53 Å². The maximum absolute atomic E-state index is 12.1. The predicted molar refractivity (Wildman–Crippen MR) is 92.4 cm³/mol. The zero-order valence-electron chi connectivity index (χ0n) is 14.1. The fourth-order valence-electron chi connectivity index (χ4n) is 3.01. The van der Waals surface area contributed by atoms with E-state index in [4.69, 9.17) is 4.74 Å². The van der Waals surface area contributed by atoms with Crippen molar-refractivity contribution in [1.29, 1.82) is 0 Å². The molecule has 0 radical (unpaired) electrons. The molecule has 1 aromatic rings. The van der Waals surface area contributed by atoms with E-state index in [1.807, 2.05) is 45.2 Å².